The molecule has 3 heteroatoms. The Morgan fingerprint density at radius 1 is 1.10 bits per heavy atom. The minimum absolute atomic E-state index is 0.0569. The van der Waals surface area contributed by atoms with Gasteiger partial charge in [-0.2, -0.15) is 0 Å². The zero-order chi connectivity index (χ0) is 14.5. The molecule has 0 amide bonds. The molecule has 0 saturated carbocycles. The summed E-state index contributed by atoms with van der Waals surface area (Å²) in [6.07, 6.45) is -0.0942. The van der Waals surface area contributed by atoms with Crippen molar-refractivity contribution in [3.63, 3.8) is 0 Å². The van der Waals surface area contributed by atoms with E-state index in [1.807, 2.05) is 37.3 Å². The van der Waals surface area contributed by atoms with Crippen LogP contribution in [0.1, 0.15) is 29.7 Å². The molecule has 0 bridgehead atoms. The molecule has 2 aromatic carbocycles. The molecule has 0 fully saturated rings. The molecule has 2 rings (SSSR count). The molecule has 0 aliphatic rings. The lowest BCUT2D eigenvalue weighted by molar-refractivity contribution is 0.0252. The lowest BCUT2D eigenvalue weighted by atomic mass is 9.99. The summed E-state index contributed by atoms with van der Waals surface area (Å²) in [5.74, 6) is 0. The number of benzene rings is 2. The van der Waals surface area contributed by atoms with Gasteiger partial charge in [0.2, 0.25) is 0 Å². The summed E-state index contributed by atoms with van der Waals surface area (Å²) >= 11 is 3.54. The minimum atomic E-state index is -0.0942. The topological polar surface area (TPSA) is 35.2 Å². The maximum absolute atomic E-state index is 6.10. The fraction of sp³-hybridized carbons (Fsp3) is 0.294. The van der Waals surface area contributed by atoms with Gasteiger partial charge in [-0.1, -0.05) is 58.4 Å². The quantitative estimate of drug-likeness (QED) is 0.882. The van der Waals surface area contributed by atoms with Crippen molar-refractivity contribution in [2.75, 3.05) is 0 Å². The van der Waals surface area contributed by atoms with Crippen LogP contribution in [0.15, 0.2) is 53.0 Å². The maximum Gasteiger partial charge on any atom is 0.0980 e. The number of hydrogen-bond donors (Lipinski definition) is 1. The highest BCUT2D eigenvalue weighted by atomic mass is 79.9. The van der Waals surface area contributed by atoms with Gasteiger partial charge in [-0.25, -0.2) is 0 Å². The van der Waals surface area contributed by atoms with Gasteiger partial charge in [0, 0.05) is 10.5 Å². The third kappa shape index (κ3) is 3.69. The zero-order valence-electron chi connectivity index (χ0n) is 11.8. The number of hydrogen-bond acceptors (Lipinski definition) is 2. The summed E-state index contributed by atoms with van der Waals surface area (Å²) in [6, 6.07) is 16.3. The van der Waals surface area contributed by atoms with Crippen LogP contribution in [0, 0.1) is 6.92 Å². The first kappa shape index (κ1) is 15.2. The van der Waals surface area contributed by atoms with E-state index in [-0.39, 0.29) is 12.1 Å². The first-order valence-electron chi connectivity index (χ1n) is 6.75. The molecule has 0 saturated heterocycles. The van der Waals surface area contributed by atoms with Crippen LogP contribution in [-0.2, 0) is 11.3 Å². The molecule has 0 aliphatic carbocycles. The van der Waals surface area contributed by atoms with Crippen molar-refractivity contribution >= 4 is 15.9 Å². The van der Waals surface area contributed by atoms with Gasteiger partial charge in [0.15, 0.2) is 0 Å². The van der Waals surface area contributed by atoms with Gasteiger partial charge in [0.25, 0.3) is 0 Å². The Kier molecular flexibility index (Phi) is 5.35. The number of ether oxygens (including phenoxy) is 1. The Morgan fingerprint density at radius 3 is 2.40 bits per heavy atom. The summed E-state index contributed by atoms with van der Waals surface area (Å²) in [6.45, 7) is 4.62. The molecule has 2 nitrogen and oxygen atoms in total. The Morgan fingerprint density at radius 2 is 1.75 bits per heavy atom. The van der Waals surface area contributed by atoms with Gasteiger partial charge in [-0.05, 0) is 36.6 Å². The molecule has 0 radical (unpaired) electrons. The van der Waals surface area contributed by atoms with Crippen LogP contribution < -0.4 is 5.73 Å². The second kappa shape index (κ2) is 7.02. The van der Waals surface area contributed by atoms with Gasteiger partial charge in [-0.3, -0.25) is 0 Å². The average Bonchev–Trinajstić information content (AvgIpc) is 2.42. The smallest absolute Gasteiger partial charge is 0.0980 e. The highest BCUT2D eigenvalue weighted by molar-refractivity contribution is 9.10. The van der Waals surface area contributed by atoms with E-state index in [4.69, 9.17) is 10.5 Å². The SMILES string of the molecule is Cc1ccccc1C(OCc1ccccc1Br)C(C)N. The van der Waals surface area contributed by atoms with Gasteiger partial charge in [0.05, 0.1) is 12.7 Å². The van der Waals surface area contributed by atoms with E-state index in [9.17, 15) is 0 Å². The molecule has 0 aromatic heterocycles. The molecule has 2 N–H and O–H groups in total. The highest BCUT2D eigenvalue weighted by Gasteiger charge is 2.19. The summed E-state index contributed by atoms with van der Waals surface area (Å²) in [7, 11) is 0. The van der Waals surface area contributed by atoms with Crippen LogP contribution in [0.25, 0.3) is 0 Å². The summed E-state index contributed by atoms with van der Waals surface area (Å²) in [5.41, 5.74) is 9.61. The molecular weight excluding hydrogens is 314 g/mol. The maximum atomic E-state index is 6.10. The Labute approximate surface area is 129 Å². The first-order valence-corrected chi connectivity index (χ1v) is 7.55. The minimum Gasteiger partial charge on any atom is -0.367 e. The zero-order valence-corrected chi connectivity index (χ0v) is 13.4. The number of rotatable bonds is 5. The van der Waals surface area contributed by atoms with E-state index in [0.29, 0.717) is 6.61 Å². The predicted molar refractivity (Wildman–Crippen MR) is 86.5 cm³/mol. The molecular formula is C17H20BrNO. The molecule has 0 heterocycles. The van der Waals surface area contributed by atoms with Crippen molar-refractivity contribution in [2.24, 2.45) is 5.73 Å². The van der Waals surface area contributed by atoms with Crippen LogP contribution in [0.5, 0.6) is 0 Å². The van der Waals surface area contributed by atoms with Crippen molar-refractivity contribution in [3.05, 3.63) is 69.7 Å². The van der Waals surface area contributed by atoms with E-state index in [1.165, 1.54) is 5.56 Å². The van der Waals surface area contributed by atoms with Crippen LogP contribution in [-0.4, -0.2) is 6.04 Å². The van der Waals surface area contributed by atoms with E-state index in [0.717, 1.165) is 15.6 Å². The van der Waals surface area contributed by atoms with Crippen LogP contribution in [0.2, 0.25) is 0 Å². The molecule has 0 aliphatic heterocycles. The first-order chi connectivity index (χ1) is 9.59. The molecule has 106 valence electrons. The Bertz CT molecular complexity index is 568. The second-order valence-electron chi connectivity index (χ2n) is 5.04. The molecule has 2 atom stereocenters. The van der Waals surface area contributed by atoms with E-state index in [1.54, 1.807) is 0 Å². The van der Waals surface area contributed by atoms with Crippen LogP contribution in [0.4, 0.5) is 0 Å². The molecule has 2 aromatic rings. The predicted octanol–water partition coefficient (Wildman–Crippen LogP) is 4.36. The van der Waals surface area contributed by atoms with E-state index in [2.05, 4.69) is 41.1 Å². The monoisotopic (exact) mass is 333 g/mol. The summed E-state index contributed by atoms with van der Waals surface area (Å²) < 4.78 is 7.15. The van der Waals surface area contributed by atoms with Crippen molar-refractivity contribution < 1.29 is 4.74 Å². The number of halogens is 1. The highest BCUT2D eigenvalue weighted by Crippen LogP contribution is 2.26. The number of nitrogens with two attached hydrogens (primary N) is 1. The van der Waals surface area contributed by atoms with Gasteiger partial charge >= 0.3 is 0 Å². The Balaban J connectivity index is 2.15. The lowest BCUT2D eigenvalue weighted by Gasteiger charge is -2.24. The average molecular weight is 334 g/mol. The van der Waals surface area contributed by atoms with Gasteiger partial charge in [0.1, 0.15) is 0 Å². The third-order valence-electron chi connectivity index (χ3n) is 3.35. The Hall–Kier alpha value is -1.16. The van der Waals surface area contributed by atoms with Crippen molar-refractivity contribution in [1.29, 1.82) is 0 Å². The van der Waals surface area contributed by atoms with E-state index < -0.39 is 0 Å². The van der Waals surface area contributed by atoms with Crippen molar-refractivity contribution in [2.45, 2.75) is 32.6 Å². The van der Waals surface area contributed by atoms with Crippen molar-refractivity contribution in [3.8, 4) is 0 Å². The third-order valence-corrected chi connectivity index (χ3v) is 4.12. The summed E-state index contributed by atoms with van der Waals surface area (Å²) in [4.78, 5) is 0. The van der Waals surface area contributed by atoms with Crippen LogP contribution >= 0.6 is 15.9 Å². The lowest BCUT2D eigenvalue weighted by Crippen LogP contribution is -2.27. The standard InChI is InChI=1S/C17H20BrNO/c1-12-7-3-5-9-15(12)17(13(2)19)20-11-14-8-4-6-10-16(14)18/h3-10,13,17H,11,19H2,1-2H3. The van der Waals surface area contributed by atoms with Gasteiger partial charge in [-0.15, -0.1) is 0 Å². The van der Waals surface area contributed by atoms with E-state index >= 15 is 0 Å². The van der Waals surface area contributed by atoms with Gasteiger partial charge < -0.3 is 10.5 Å². The molecule has 2 unspecified atom stereocenters. The number of aryl methyl sites for hydroxylation is 1. The van der Waals surface area contributed by atoms with Crippen molar-refractivity contribution in [1.82, 2.24) is 0 Å². The largest absolute Gasteiger partial charge is 0.367 e. The van der Waals surface area contributed by atoms with Crippen LogP contribution in [0.3, 0.4) is 0 Å². The normalized spacial score (nSPS) is 14.0. The molecule has 20 heavy (non-hydrogen) atoms. The molecule has 0 spiro atoms. The second-order valence-corrected chi connectivity index (χ2v) is 5.89. The fourth-order valence-corrected chi connectivity index (χ4v) is 2.63. The summed E-state index contributed by atoms with van der Waals surface area (Å²) in [5, 5.41) is 0. The fourth-order valence-electron chi connectivity index (χ4n) is 2.23.